The Kier molecular flexibility index (Phi) is 4.42. The lowest BCUT2D eigenvalue weighted by Gasteiger charge is -2.24. The molecular weight excluding hydrogens is 348 g/mol. The number of fused-ring (bicyclic) bond motifs is 2. The quantitative estimate of drug-likeness (QED) is 0.819. The lowest BCUT2D eigenvalue weighted by atomic mass is 9.92. The van der Waals surface area contributed by atoms with Crippen LogP contribution in [0.2, 0.25) is 0 Å². The third-order valence-corrected chi connectivity index (χ3v) is 6.77. The van der Waals surface area contributed by atoms with Crippen LogP contribution in [-0.2, 0) is 24.9 Å². The number of likely N-dealkylation sites (tertiary alicyclic amines) is 1. The SMILES string of the molecule is CC(C)(C)c1cc(N2CC3CN(Cc4cnn5c4CCCC5)CC3C2)ncn1. The summed E-state index contributed by atoms with van der Waals surface area (Å²) in [5.41, 5.74) is 4.14. The smallest absolute Gasteiger partial charge is 0.132 e. The molecule has 5 rings (SSSR count). The Hall–Kier alpha value is -1.95. The van der Waals surface area contributed by atoms with Gasteiger partial charge in [-0.1, -0.05) is 20.8 Å². The van der Waals surface area contributed by atoms with Gasteiger partial charge in [-0.2, -0.15) is 5.10 Å². The molecule has 3 aliphatic rings. The van der Waals surface area contributed by atoms with Crippen LogP contribution in [0, 0.1) is 11.8 Å². The highest BCUT2D eigenvalue weighted by Crippen LogP contribution is 2.35. The first-order chi connectivity index (χ1) is 13.5. The summed E-state index contributed by atoms with van der Waals surface area (Å²) >= 11 is 0. The Bertz CT molecular complexity index is 837. The minimum Gasteiger partial charge on any atom is -0.356 e. The molecule has 2 fully saturated rings. The number of rotatable bonds is 3. The van der Waals surface area contributed by atoms with Crippen molar-refractivity contribution >= 4 is 5.82 Å². The van der Waals surface area contributed by atoms with Crippen molar-refractivity contribution in [3.8, 4) is 0 Å². The van der Waals surface area contributed by atoms with Crippen molar-refractivity contribution in [3.63, 3.8) is 0 Å². The van der Waals surface area contributed by atoms with Crippen molar-refractivity contribution in [1.82, 2.24) is 24.6 Å². The summed E-state index contributed by atoms with van der Waals surface area (Å²) in [6, 6.07) is 2.19. The van der Waals surface area contributed by atoms with Gasteiger partial charge in [0.05, 0.1) is 11.9 Å². The molecule has 0 amide bonds. The Morgan fingerprint density at radius 2 is 1.82 bits per heavy atom. The van der Waals surface area contributed by atoms with Gasteiger partial charge in [-0.25, -0.2) is 9.97 Å². The molecule has 2 aromatic heterocycles. The Labute approximate surface area is 168 Å². The van der Waals surface area contributed by atoms with E-state index in [1.54, 1.807) is 6.33 Å². The van der Waals surface area contributed by atoms with Gasteiger partial charge in [-0.05, 0) is 31.1 Å². The molecule has 0 N–H and O–H groups in total. The van der Waals surface area contributed by atoms with E-state index < -0.39 is 0 Å². The molecular formula is C22H32N6. The first-order valence-corrected chi connectivity index (χ1v) is 10.8. The molecule has 6 nitrogen and oxygen atoms in total. The van der Waals surface area contributed by atoms with E-state index in [1.165, 1.54) is 43.6 Å². The second kappa shape index (κ2) is 6.83. The summed E-state index contributed by atoms with van der Waals surface area (Å²) in [5, 5.41) is 4.62. The van der Waals surface area contributed by atoms with Gasteiger partial charge in [0.15, 0.2) is 0 Å². The largest absolute Gasteiger partial charge is 0.356 e. The summed E-state index contributed by atoms with van der Waals surface area (Å²) in [5.74, 6) is 2.60. The highest BCUT2D eigenvalue weighted by molar-refractivity contribution is 5.42. The average molecular weight is 381 g/mol. The number of anilines is 1. The van der Waals surface area contributed by atoms with Gasteiger partial charge in [0, 0.05) is 62.0 Å². The number of aryl methyl sites for hydroxylation is 1. The van der Waals surface area contributed by atoms with Gasteiger partial charge in [-0.15, -0.1) is 0 Å². The molecule has 2 atom stereocenters. The topological polar surface area (TPSA) is 50.1 Å². The lowest BCUT2D eigenvalue weighted by Crippen LogP contribution is -2.29. The molecule has 0 bridgehead atoms. The first kappa shape index (κ1) is 18.1. The predicted octanol–water partition coefficient (Wildman–Crippen LogP) is 2.88. The molecule has 0 saturated carbocycles. The predicted molar refractivity (Wildman–Crippen MR) is 110 cm³/mol. The third-order valence-electron chi connectivity index (χ3n) is 6.77. The average Bonchev–Trinajstić information content (AvgIpc) is 3.35. The number of hydrogen-bond donors (Lipinski definition) is 0. The van der Waals surface area contributed by atoms with Gasteiger partial charge < -0.3 is 4.90 Å². The second-order valence-corrected chi connectivity index (χ2v) is 9.93. The molecule has 5 heterocycles. The van der Waals surface area contributed by atoms with E-state index in [9.17, 15) is 0 Å². The van der Waals surface area contributed by atoms with Crippen LogP contribution < -0.4 is 4.90 Å². The van der Waals surface area contributed by atoms with Gasteiger partial charge in [-0.3, -0.25) is 9.58 Å². The van der Waals surface area contributed by atoms with Gasteiger partial charge >= 0.3 is 0 Å². The summed E-state index contributed by atoms with van der Waals surface area (Å²) in [4.78, 5) is 14.2. The Balaban J connectivity index is 1.23. The second-order valence-electron chi connectivity index (χ2n) is 9.93. The Morgan fingerprint density at radius 3 is 2.57 bits per heavy atom. The molecule has 28 heavy (non-hydrogen) atoms. The van der Waals surface area contributed by atoms with Gasteiger partial charge in [0.1, 0.15) is 12.1 Å². The number of hydrogen-bond acceptors (Lipinski definition) is 5. The number of nitrogens with zero attached hydrogens (tertiary/aromatic N) is 6. The van der Waals surface area contributed by atoms with Crippen LogP contribution in [0.4, 0.5) is 5.82 Å². The molecule has 0 aliphatic carbocycles. The number of aromatic nitrogens is 4. The Morgan fingerprint density at radius 1 is 1.04 bits per heavy atom. The van der Waals surface area contributed by atoms with Crippen LogP contribution in [0.1, 0.15) is 50.6 Å². The molecule has 2 aromatic rings. The molecule has 0 spiro atoms. The fourth-order valence-electron chi connectivity index (χ4n) is 5.20. The van der Waals surface area contributed by atoms with Crippen molar-refractivity contribution in [3.05, 3.63) is 35.5 Å². The van der Waals surface area contributed by atoms with Gasteiger partial charge in [0.2, 0.25) is 0 Å². The standard InChI is InChI=1S/C22H32N6/c1-22(2,3)20-8-21(24-15-23-20)27-13-17-11-26(12-18(17)14-27)10-16-9-25-28-7-5-4-6-19(16)28/h8-9,15,17-18H,4-7,10-14H2,1-3H3. The van der Waals surface area contributed by atoms with Crippen molar-refractivity contribution in [2.75, 3.05) is 31.1 Å². The van der Waals surface area contributed by atoms with Crippen LogP contribution in [0.25, 0.3) is 0 Å². The summed E-state index contributed by atoms with van der Waals surface area (Å²) in [6.07, 6.45) is 7.65. The lowest BCUT2D eigenvalue weighted by molar-refractivity contribution is 0.306. The normalized spacial score (nSPS) is 25.2. The summed E-state index contributed by atoms with van der Waals surface area (Å²) in [6.45, 7) is 13.4. The summed E-state index contributed by atoms with van der Waals surface area (Å²) < 4.78 is 2.24. The zero-order chi connectivity index (χ0) is 19.3. The van der Waals surface area contributed by atoms with Crippen LogP contribution in [0.5, 0.6) is 0 Å². The van der Waals surface area contributed by atoms with Crippen LogP contribution in [0.3, 0.4) is 0 Å². The van der Waals surface area contributed by atoms with E-state index in [0.29, 0.717) is 0 Å². The maximum Gasteiger partial charge on any atom is 0.132 e. The molecule has 6 heteroatoms. The van der Waals surface area contributed by atoms with E-state index in [1.807, 2.05) is 0 Å². The van der Waals surface area contributed by atoms with Crippen LogP contribution >= 0.6 is 0 Å². The van der Waals surface area contributed by atoms with Crippen molar-refractivity contribution in [1.29, 1.82) is 0 Å². The first-order valence-electron chi connectivity index (χ1n) is 10.8. The summed E-state index contributed by atoms with van der Waals surface area (Å²) in [7, 11) is 0. The minimum absolute atomic E-state index is 0.0643. The molecule has 150 valence electrons. The van der Waals surface area contributed by atoms with E-state index >= 15 is 0 Å². The monoisotopic (exact) mass is 380 g/mol. The van der Waals surface area contributed by atoms with Crippen molar-refractivity contribution in [2.45, 2.75) is 58.5 Å². The molecule has 3 aliphatic heterocycles. The van der Waals surface area contributed by atoms with E-state index in [-0.39, 0.29) is 5.41 Å². The highest BCUT2D eigenvalue weighted by Gasteiger charge is 2.40. The maximum absolute atomic E-state index is 4.62. The van der Waals surface area contributed by atoms with Crippen molar-refractivity contribution < 1.29 is 0 Å². The molecule has 2 saturated heterocycles. The maximum atomic E-state index is 4.62. The van der Waals surface area contributed by atoms with Gasteiger partial charge in [0.25, 0.3) is 0 Å². The minimum atomic E-state index is 0.0643. The highest BCUT2D eigenvalue weighted by atomic mass is 15.3. The molecule has 0 radical (unpaired) electrons. The van der Waals surface area contributed by atoms with Crippen LogP contribution in [-0.4, -0.2) is 50.8 Å². The third kappa shape index (κ3) is 3.32. The van der Waals surface area contributed by atoms with E-state index in [0.717, 1.165) is 49.5 Å². The zero-order valence-electron chi connectivity index (χ0n) is 17.4. The molecule has 2 unspecified atom stereocenters. The molecule has 0 aromatic carbocycles. The fraction of sp³-hybridized carbons (Fsp3) is 0.682. The fourth-order valence-corrected chi connectivity index (χ4v) is 5.20. The zero-order valence-corrected chi connectivity index (χ0v) is 17.4. The van der Waals surface area contributed by atoms with E-state index in [4.69, 9.17) is 0 Å². The van der Waals surface area contributed by atoms with Crippen LogP contribution in [0.15, 0.2) is 18.6 Å². The van der Waals surface area contributed by atoms with Crippen molar-refractivity contribution in [2.24, 2.45) is 11.8 Å². The van der Waals surface area contributed by atoms with E-state index in [2.05, 4.69) is 62.6 Å².